The number of benzene rings is 1. The average Bonchev–Trinajstić information content (AvgIpc) is 3.12. The van der Waals surface area contributed by atoms with E-state index in [4.69, 9.17) is 4.42 Å². The molecule has 0 saturated carbocycles. The number of furan rings is 1. The van der Waals surface area contributed by atoms with Gasteiger partial charge in [0.15, 0.2) is 0 Å². The number of rotatable bonds is 3. The van der Waals surface area contributed by atoms with Crippen molar-refractivity contribution in [2.24, 2.45) is 0 Å². The lowest BCUT2D eigenvalue weighted by Gasteiger charge is -2.26. The quantitative estimate of drug-likeness (QED) is 0.921. The highest BCUT2D eigenvalue weighted by Gasteiger charge is 2.30. The summed E-state index contributed by atoms with van der Waals surface area (Å²) in [7, 11) is 0. The molecule has 23 heavy (non-hydrogen) atoms. The van der Waals surface area contributed by atoms with Gasteiger partial charge in [0.1, 0.15) is 11.5 Å². The van der Waals surface area contributed by atoms with Crippen molar-refractivity contribution in [2.45, 2.75) is 46.2 Å². The highest BCUT2D eigenvalue weighted by atomic mass is 16.3. The minimum Gasteiger partial charge on any atom is -0.466 e. The monoisotopic (exact) mass is 312 g/mol. The van der Waals surface area contributed by atoms with Gasteiger partial charge in [0, 0.05) is 18.7 Å². The fourth-order valence-corrected chi connectivity index (χ4v) is 3.43. The summed E-state index contributed by atoms with van der Waals surface area (Å²) in [6.45, 7) is 7.29. The van der Waals surface area contributed by atoms with Crippen LogP contribution in [0.15, 0.2) is 34.7 Å². The first-order valence-electron chi connectivity index (χ1n) is 8.22. The van der Waals surface area contributed by atoms with E-state index in [-0.39, 0.29) is 12.1 Å². The van der Waals surface area contributed by atoms with E-state index in [2.05, 4.69) is 24.4 Å². The van der Waals surface area contributed by atoms with Crippen molar-refractivity contribution in [3.05, 3.63) is 58.5 Å². The van der Waals surface area contributed by atoms with Crippen LogP contribution in [-0.4, -0.2) is 17.5 Å². The Morgan fingerprint density at radius 3 is 2.78 bits per heavy atom. The Morgan fingerprint density at radius 2 is 2.09 bits per heavy atom. The van der Waals surface area contributed by atoms with Gasteiger partial charge in [-0.05, 0) is 50.8 Å². The fourth-order valence-electron chi connectivity index (χ4n) is 3.43. The topological polar surface area (TPSA) is 45.5 Å². The second-order valence-corrected chi connectivity index (χ2v) is 6.31. The second-order valence-electron chi connectivity index (χ2n) is 6.31. The van der Waals surface area contributed by atoms with Gasteiger partial charge < -0.3 is 14.6 Å². The number of aryl methyl sites for hydroxylation is 3. The fraction of sp³-hybridized carbons (Fsp3) is 0.421. The van der Waals surface area contributed by atoms with Crippen molar-refractivity contribution in [3.8, 4) is 0 Å². The maximum absolute atomic E-state index is 12.6. The molecule has 1 aliphatic rings. The van der Waals surface area contributed by atoms with Crippen LogP contribution in [0, 0.1) is 20.8 Å². The summed E-state index contributed by atoms with van der Waals surface area (Å²) in [5.74, 6) is 1.75. The molecule has 0 spiro atoms. The summed E-state index contributed by atoms with van der Waals surface area (Å²) in [5, 5.41) is 3.04. The molecule has 122 valence electrons. The van der Waals surface area contributed by atoms with Gasteiger partial charge in [-0.3, -0.25) is 0 Å². The van der Waals surface area contributed by atoms with Gasteiger partial charge in [-0.25, -0.2) is 4.79 Å². The molecule has 1 fully saturated rings. The number of carbonyl (C=O) groups is 1. The van der Waals surface area contributed by atoms with Gasteiger partial charge in [0.05, 0.1) is 6.04 Å². The maximum atomic E-state index is 12.6. The van der Waals surface area contributed by atoms with E-state index in [0.29, 0.717) is 6.54 Å². The first-order chi connectivity index (χ1) is 11.1. The third-order valence-corrected chi connectivity index (χ3v) is 4.63. The average molecular weight is 312 g/mol. The van der Waals surface area contributed by atoms with Gasteiger partial charge in [-0.15, -0.1) is 0 Å². The summed E-state index contributed by atoms with van der Waals surface area (Å²) >= 11 is 0. The predicted molar refractivity (Wildman–Crippen MR) is 90.3 cm³/mol. The van der Waals surface area contributed by atoms with Gasteiger partial charge >= 0.3 is 6.03 Å². The Balaban J connectivity index is 1.69. The van der Waals surface area contributed by atoms with E-state index >= 15 is 0 Å². The lowest BCUT2D eigenvalue weighted by Crippen LogP contribution is -2.39. The minimum absolute atomic E-state index is 0.00834. The molecule has 0 aliphatic carbocycles. The molecule has 1 aromatic carbocycles. The van der Waals surface area contributed by atoms with E-state index in [1.54, 1.807) is 0 Å². The molecule has 1 N–H and O–H groups in total. The van der Waals surface area contributed by atoms with Crippen LogP contribution in [0.5, 0.6) is 0 Å². The van der Waals surface area contributed by atoms with E-state index < -0.39 is 0 Å². The zero-order chi connectivity index (χ0) is 16.4. The first kappa shape index (κ1) is 15.7. The van der Waals surface area contributed by atoms with Gasteiger partial charge in [-0.2, -0.15) is 0 Å². The highest BCUT2D eigenvalue weighted by Crippen LogP contribution is 2.33. The number of nitrogens with zero attached hydrogens (tertiary/aromatic N) is 1. The van der Waals surface area contributed by atoms with Crippen LogP contribution >= 0.6 is 0 Å². The standard InChI is InChI=1S/C19H24N2O2/c1-13-7-4-5-8-17(13)18-9-6-10-21(18)19(22)20-12-16-11-14(2)23-15(16)3/h4-5,7-8,11,18H,6,9-10,12H2,1-3H3,(H,20,22). The minimum atomic E-state index is 0.00834. The summed E-state index contributed by atoms with van der Waals surface area (Å²) in [6, 6.07) is 10.5. The Bertz CT molecular complexity index is 705. The molecule has 3 rings (SSSR count). The van der Waals surface area contributed by atoms with Crippen molar-refractivity contribution in [3.63, 3.8) is 0 Å². The number of nitrogens with one attached hydrogen (secondary N) is 1. The van der Waals surface area contributed by atoms with E-state index in [0.717, 1.165) is 36.5 Å². The Morgan fingerprint density at radius 1 is 1.30 bits per heavy atom. The molecule has 4 nitrogen and oxygen atoms in total. The molecule has 1 atom stereocenters. The zero-order valence-corrected chi connectivity index (χ0v) is 14.1. The molecular weight excluding hydrogens is 288 g/mol. The van der Waals surface area contributed by atoms with Crippen molar-refractivity contribution in [1.82, 2.24) is 10.2 Å². The van der Waals surface area contributed by atoms with Crippen LogP contribution in [-0.2, 0) is 6.54 Å². The molecule has 1 aliphatic heterocycles. The third kappa shape index (κ3) is 3.26. The molecule has 4 heteroatoms. The van der Waals surface area contributed by atoms with Crippen LogP contribution in [0.1, 0.15) is 47.1 Å². The van der Waals surface area contributed by atoms with Crippen LogP contribution in [0.25, 0.3) is 0 Å². The molecule has 0 bridgehead atoms. The Kier molecular flexibility index (Phi) is 4.42. The second kappa shape index (κ2) is 6.49. The van der Waals surface area contributed by atoms with Crippen molar-refractivity contribution in [1.29, 1.82) is 0 Å². The smallest absolute Gasteiger partial charge is 0.318 e. The normalized spacial score (nSPS) is 17.5. The molecule has 2 amide bonds. The van der Waals surface area contributed by atoms with Crippen LogP contribution in [0.2, 0.25) is 0 Å². The number of carbonyl (C=O) groups excluding carboxylic acids is 1. The highest BCUT2D eigenvalue weighted by molar-refractivity contribution is 5.75. The zero-order valence-electron chi connectivity index (χ0n) is 14.1. The van der Waals surface area contributed by atoms with Crippen molar-refractivity contribution in [2.75, 3.05) is 6.54 Å². The molecule has 1 aromatic heterocycles. The number of hydrogen-bond acceptors (Lipinski definition) is 2. The largest absolute Gasteiger partial charge is 0.466 e. The number of amides is 2. The van der Waals surface area contributed by atoms with E-state index in [1.165, 1.54) is 11.1 Å². The van der Waals surface area contributed by atoms with E-state index in [9.17, 15) is 4.79 Å². The molecular formula is C19H24N2O2. The van der Waals surface area contributed by atoms with Crippen molar-refractivity contribution >= 4 is 6.03 Å². The maximum Gasteiger partial charge on any atom is 0.318 e. The number of hydrogen-bond donors (Lipinski definition) is 1. The van der Waals surface area contributed by atoms with Crippen LogP contribution in [0.3, 0.4) is 0 Å². The summed E-state index contributed by atoms with van der Waals surface area (Å²) < 4.78 is 5.51. The molecule has 2 aromatic rings. The number of likely N-dealkylation sites (tertiary alicyclic amines) is 1. The SMILES string of the molecule is Cc1cc(CNC(=O)N2CCCC2c2ccccc2C)c(C)o1. The van der Waals surface area contributed by atoms with Gasteiger partial charge in [-0.1, -0.05) is 24.3 Å². The molecule has 1 unspecified atom stereocenters. The van der Waals surface area contributed by atoms with Crippen molar-refractivity contribution < 1.29 is 9.21 Å². The summed E-state index contributed by atoms with van der Waals surface area (Å²) in [5.41, 5.74) is 3.55. The number of urea groups is 1. The molecule has 1 saturated heterocycles. The van der Waals surface area contributed by atoms with E-state index in [1.807, 2.05) is 36.9 Å². The van der Waals surface area contributed by atoms with Crippen LogP contribution < -0.4 is 5.32 Å². The van der Waals surface area contributed by atoms with Crippen LogP contribution in [0.4, 0.5) is 4.79 Å². The van der Waals surface area contributed by atoms with Gasteiger partial charge in [0.2, 0.25) is 0 Å². The first-order valence-corrected chi connectivity index (χ1v) is 8.22. The molecule has 2 heterocycles. The lowest BCUT2D eigenvalue weighted by molar-refractivity contribution is 0.192. The summed E-state index contributed by atoms with van der Waals surface area (Å²) in [4.78, 5) is 14.6. The Labute approximate surface area is 137 Å². The summed E-state index contributed by atoms with van der Waals surface area (Å²) in [6.07, 6.45) is 2.08. The third-order valence-electron chi connectivity index (χ3n) is 4.63. The molecule has 0 radical (unpaired) electrons. The Hall–Kier alpha value is -2.23. The lowest BCUT2D eigenvalue weighted by atomic mass is 9.99. The van der Waals surface area contributed by atoms with Gasteiger partial charge in [0.25, 0.3) is 0 Å². The predicted octanol–water partition coefficient (Wildman–Crippen LogP) is 4.25.